The molecule has 1 spiro atoms. The molecule has 1 aliphatic heterocycles. The summed E-state index contributed by atoms with van der Waals surface area (Å²) in [6, 6.07) is 0.452. The molecule has 1 saturated heterocycles. The largest absolute Gasteiger partial charge is 0.338 e. The molecule has 3 nitrogen and oxygen atoms in total. The number of hydrogen-bond donors (Lipinski definition) is 1. The second-order valence-corrected chi connectivity index (χ2v) is 5.60. The topological polar surface area (TPSA) is 32.3 Å². The minimum absolute atomic E-state index is 0.138. The third kappa shape index (κ3) is 1.52. The highest BCUT2D eigenvalue weighted by Crippen LogP contribution is 2.52. The van der Waals surface area contributed by atoms with Crippen LogP contribution in [0, 0.1) is 11.8 Å². The lowest BCUT2D eigenvalue weighted by atomic mass is 9.83. The van der Waals surface area contributed by atoms with Crippen LogP contribution in [-0.2, 0) is 0 Å². The van der Waals surface area contributed by atoms with Crippen LogP contribution in [0.25, 0.3) is 0 Å². The highest BCUT2D eigenvalue weighted by molar-refractivity contribution is 5.77. The van der Waals surface area contributed by atoms with Gasteiger partial charge in [0.15, 0.2) is 0 Å². The number of amides is 2. The quantitative estimate of drug-likeness (QED) is 0.744. The Kier molecular flexibility index (Phi) is 2.44. The first kappa shape index (κ1) is 10.8. The standard InChI is InChI=1S/C12H22N2O/c1-8(2)10-7-13-11(15)14(9(3)4)12(10)5-6-12/h8-10H,5-7H2,1-4H3,(H,13,15). The third-order valence-corrected chi connectivity index (χ3v) is 3.95. The molecular formula is C12H22N2O. The number of nitrogens with one attached hydrogen (secondary N) is 1. The predicted molar refractivity (Wildman–Crippen MR) is 60.7 cm³/mol. The Morgan fingerprint density at radius 1 is 1.33 bits per heavy atom. The maximum absolute atomic E-state index is 11.9. The van der Waals surface area contributed by atoms with E-state index >= 15 is 0 Å². The number of carbonyl (C=O) groups is 1. The summed E-state index contributed by atoms with van der Waals surface area (Å²) < 4.78 is 0. The Morgan fingerprint density at radius 3 is 2.33 bits per heavy atom. The van der Waals surface area contributed by atoms with Crippen molar-refractivity contribution in [2.45, 2.75) is 52.1 Å². The highest BCUT2D eigenvalue weighted by Gasteiger charge is 2.58. The molecule has 0 bridgehead atoms. The zero-order chi connectivity index (χ0) is 11.2. The van der Waals surface area contributed by atoms with Gasteiger partial charge in [0.2, 0.25) is 0 Å². The molecule has 0 radical (unpaired) electrons. The van der Waals surface area contributed by atoms with E-state index in [2.05, 4.69) is 37.9 Å². The van der Waals surface area contributed by atoms with Gasteiger partial charge in [0.05, 0.1) is 0 Å². The number of carbonyl (C=O) groups excluding carboxylic acids is 1. The fourth-order valence-corrected chi connectivity index (χ4v) is 3.20. The first-order valence-corrected chi connectivity index (χ1v) is 6.06. The van der Waals surface area contributed by atoms with Gasteiger partial charge in [-0.2, -0.15) is 0 Å². The maximum atomic E-state index is 11.9. The monoisotopic (exact) mass is 210 g/mol. The SMILES string of the molecule is CC(C)C1CNC(=O)N(C(C)C)C12CC2. The average molecular weight is 210 g/mol. The molecule has 86 valence electrons. The van der Waals surface area contributed by atoms with Crippen LogP contribution in [0.2, 0.25) is 0 Å². The summed E-state index contributed by atoms with van der Waals surface area (Å²) in [6.45, 7) is 9.62. The van der Waals surface area contributed by atoms with Crippen LogP contribution in [0.4, 0.5) is 4.79 Å². The molecule has 1 atom stereocenters. The lowest BCUT2D eigenvalue weighted by Crippen LogP contribution is -2.62. The average Bonchev–Trinajstić information content (AvgIpc) is 2.84. The van der Waals surface area contributed by atoms with Crippen molar-refractivity contribution in [3.05, 3.63) is 0 Å². The van der Waals surface area contributed by atoms with Gasteiger partial charge in [0.25, 0.3) is 0 Å². The first-order chi connectivity index (χ1) is 6.99. The van der Waals surface area contributed by atoms with E-state index < -0.39 is 0 Å². The second kappa shape index (κ2) is 3.39. The second-order valence-electron chi connectivity index (χ2n) is 5.60. The Bertz CT molecular complexity index is 269. The minimum Gasteiger partial charge on any atom is -0.338 e. The van der Waals surface area contributed by atoms with Gasteiger partial charge in [0.1, 0.15) is 0 Å². The number of urea groups is 1. The number of hydrogen-bond acceptors (Lipinski definition) is 1. The van der Waals surface area contributed by atoms with Gasteiger partial charge >= 0.3 is 6.03 Å². The fraction of sp³-hybridized carbons (Fsp3) is 0.917. The molecule has 1 unspecified atom stereocenters. The van der Waals surface area contributed by atoms with Gasteiger partial charge in [0, 0.05) is 24.0 Å². The molecule has 15 heavy (non-hydrogen) atoms. The Morgan fingerprint density at radius 2 is 1.93 bits per heavy atom. The molecule has 2 amide bonds. The van der Waals surface area contributed by atoms with Gasteiger partial charge in [-0.05, 0) is 32.6 Å². The molecule has 0 aromatic carbocycles. The van der Waals surface area contributed by atoms with E-state index in [1.54, 1.807) is 0 Å². The van der Waals surface area contributed by atoms with Gasteiger partial charge < -0.3 is 10.2 Å². The maximum Gasteiger partial charge on any atom is 0.318 e. The predicted octanol–water partition coefficient (Wildman–Crippen LogP) is 2.22. The zero-order valence-electron chi connectivity index (χ0n) is 10.2. The third-order valence-electron chi connectivity index (χ3n) is 3.95. The van der Waals surface area contributed by atoms with E-state index in [-0.39, 0.29) is 11.6 Å². The molecule has 2 aliphatic rings. The van der Waals surface area contributed by atoms with Crippen molar-refractivity contribution in [1.29, 1.82) is 0 Å². The van der Waals surface area contributed by atoms with Crippen LogP contribution < -0.4 is 5.32 Å². The molecule has 1 aliphatic carbocycles. The van der Waals surface area contributed by atoms with Gasteiger partial charge in [-0.25, -0.2) is 4.79 Å². The van der Waals surface area contributed by atoms with Gasteiger partial charge in [-0.1, -0.05) is 13.8 Å². The van der Waals surface area contributed by atoms with E-state index in [9.17, 15) is 4.79 Å². The van der Waals surface area contributed by atoms with Crippen molar-refractivity contribution >= 4 is 6.03 Å². The molecule has 3 heteroatoms. The Hall–Kier alpha value is -0.730. The van der Waals surface area contributed by atoms with Crippen LogP contribution in [0.5, 0.6) is 0 Å². The summed E-state index contributed by atoms with van der Waals surface area (Å²) in [7, 11) is 0. The lowest BCUT2D eigenvalue weighted by molar-refractivity contribution is 0.0665. The molecule has 0 aromatic heterocycles. The van der Waals surface area contributed by atoms with E-state index in [0.717, 1.165) is 6.54 Å². The normalized spacial score (nSPS) is 28.8. The Balaban J connectivity index is 2.25. The summed E-state index contributed by atoms with van der Waals surface area (Å²) in [5.41, 5.74) is 0.199. The van der Waals surface area contributed by atoms with Crippen molar-refractivity contribution in [3.8, 4) is 0 Å². The van der Waals surface area contributed by atoms with E-state index in [1.807, 2.05) is 0 Å². The van der Waals surface area contributed by atoms with Crippen LogP contribution in [0.3, 0.4) is 0 Å². The minimum atomic E-state index is 0.138. The van der Waals surface area contributed by atoms with E-state index in [4.69, 9.17) is 0 Å². The number of nitrogens with zero attached hydrogens (tertiary/aromatic N) is 1. The summed E-state index contributed by atoms with van der Waals surface area (Å²) in [5.74, 6) is 1.27. The molecular weight excluding hydrogens is 188 g/mol. The molecule has 0 aromatic rings. The number of rotatable bonds is 2. The highest BCUT2D eigenvalue weighted by atomic mass is 16.2. The van der Waals surface area contributed by atoms with Crippen LogP contribution >= 0.6 is 0 Å². The van der Waals surface area contributed by atoms with Gasteiger partial charge in [-0.15, -0.1) is 0 Å². The van der Waals surface area contributed by atoms with Crippen molar-refractivity contribution in [2.75, 3.05) is 6.54 Å². The summed E-state index contributed by atoms with van der Waals surface area (Å²) in [5, 5.41) is 3.03. The van der Waals surface area contributed by atoms with Crippen molar-refractivity contribution in [2.24, 2.45) is 11.8 Å². The first-order valence-electron chi connectivity index (χ1n) is 6.06. The molecule has 2 fully saturated rings. The van der Waals surface area contributed by atoms with Crippen molar-refractivity contribution in [1.82, 2.24) is 10.2 Å². The van der Waals surface area contributed by atoms with E-state index in [0.29, 0.717) is 17.9 Å². The molecule has 2 rings (SSSR count). The molecule has 1 heterocycles. The van der Waals surface area contributed by atoms with Crippen LogP contribution in [-0.4, -0.2) is 29.1 Å². The van der Waals surface area contributed by atoms with Crippen LogP contribution in [0.15, 0.2) is 0 Å². The summed E-state index contributed by atoms with van der Waals surface area (Å²) >= 11 is 0. The zero-order valence-corrected chi connectivity index (χ0v) is 10.2. The molecule has 1 N–H and O–H groups in total. The lowest BCUT2D eigenvalue weighted by Gasteiger charge is -2.46. The molecule has 1 saturated carbocycles. The summed E-state index contributed by atoms with van der Waals surface area (Å²) in [6.07, 6.45) is 2.39. The van der Waals surface area contributed by atoms with E-state index in [1.165, 1.54) is 12.8 Å². The smallest absolute Gasteiger partial charge is 0.318 e. The van der Waals surface area contributed by atoms with Crippen molar-refractivity contribution in [3.63, 3.8) is 0 Å². The Labute approximate surface area is 92.2 Å². The summed E-state index contributed by atoms with van der Waals surface area (Å²) in [4.78, 5) is 14.0. The van der Waals surface area contributed by atoms with Crippen molar-refractivity contribution < 1.29 is 4.79 Å². The van der Waals surface area contributed by atoms with Crippen LogP contribution in [0.1, 0.15) is 40.5 Å². The van der Waals surface area contributed by atoms with Gasteiger partial charge in [-0.3, -0.25) is 0 Å². The fourth-order valence-electron chi connectivity index (χ4n) is 3.20.